The summed E-state index contributed by atoms with van der Waals surface area (Å²) in [5.41, 5.74) is 1.21. The van der Waals surface area contributed by atoms with E-state index in [2.05, 4.69) is 19.9 Å². The van der Waals surface area contributed by atoms with Crippen LogP contribution in [0.15, 0.2) is 24.3 Å². The Bertz CT molecular complexity index is 414. The van der Waals surface area contributed by atoms with Crippen LogP contribution in [0, 0.1) is 0 Å². The van der Waals surface area contributed by atoms with Gasteiger partial charge < -0.3 is 9.47 Å². The maximum atomic E-state index is 11.4. The standard InChI is InChI=1S/C17H26O3/c1-5-9-17(18)20-14(4)12-19-16-11-8-7-10-15(16)13(3)6-2/h7-8,10-11,13-14H,5-6,9,12H2,1-4H3/t13-,14+/m0/s1. The molecule has 3 nitrogen and oxygen atoms in total. The Balaban J connectivity index is 2.55. The van der Waals surface area contributed by atoms with Crippen molar-refractivity contribution in [2.24, 2.45) is 0 Å². The molecule has 0 amide bonds. The van der Waals surface area contributed by atoms with Gasteiger partial charge in [-0.05, 0) is 37.3 Å². The number of hydrogen-bond donors (Lipinski definition) is 0. The van der Waals surface area contributed by atoms with Crippen LogP contribution in [-0.4, -0.2) is 18.7 Å². The van der Waals surface area contributed by atoms with E-state index in [9.17, 15) is 4.79 Å². The topological polar surface area (TPSA) is 35.5 Å². The van der Waals surface area contributed by atoms with Gasteiger partial charge in [0.1, 0.15) is 18.5 Å². The zero-order valence-electron chi connectivity index (χ0n) is 13.0. The second-order valence-corrected chi connectivity index (χ2v) is 5.21. The van der Waals surface area contributed by atoms with Gasteiger partial charge >= 0.3 is 5.97 Å². The van der Waals surface area contributed by atoms with E-state index >= 15 is 0 Å². The van der Waals surface area contributed by atoms with Crippen molar-refractivity contribution in [1.29, 1.82) is 0 Å². The first-order chi connectivity index (χ1) is 9.58. The molecule has 0 N–H and O–H groups in total. The van der Waals surface area contributed by atoms with Crippen LogP contribution in [-0.2, 0) is 9.53 Å². The van der Waals surface area contributed by atoms with E-state index in [4.69, 9.17) is 9.47 Å². The Morgan fingerprint density at radius 2 is 1.90 bits per heavy atom. The van der Waals surface area contributed by atoms with Gasteiger partial charge in [-0.15, -0.1) is 0 Å². The fraction of sp³-hybridized carbons (Fsp3) is 0.588. The number of esters is 1. The average Bonchev–Trinajstić information content (AvgIpc) is 2.44. The molecule has 2 atom stereocenters. The van der Waals surface area contributed by atoms with Crippen molar-refractivity contribution >= 4 is 5.97 Å². The van der Waals surface area contributed by atoms with Gasteiger partial charge in [0.25, 0.3) is 0 Å². The van der Waals surface area contributed by atoms with Crippen LogP contribution in [0.25, 0.3) is 0 Å². The molecule has 1 aromatic carbocycles. The summed E-state index contributed by atoms with van der Waals surface area (Å²) >= 11 is 0. The van der Waals surface area contributed by atoms with Gasteiger partial charge in [0.05, 0.1) is 0 Å². The van der Waals surface area contributed by atoms with Crippen LogP contribution in [0.3, 0.4) is 0 Å². The molecule has 0 saturated heterocycles. The van der Waals surface area contributed by atoms with Crippen LogP contribution in [0.4, 0.5) is 0 Å². The molecule has 0 bridgehead atoms. The second kappa shape index (κ2) is 8.62. The van der Waals surface area contributed by atoms with Crippen LogP contribution < -0.4 is 4.74 Å². The lowest BCUT2D eigenvalue weighted by Gasteiger charge is -2.18. The lowest BCUT2D eigenvalue weighted by atomic mass is 9.98. The number of rotatable bonds is 8. The van der Waals surface area contributed by atoms with Crippen LogP contribution >= 0.6 is 0 Å². The molecular weight excluding hydrogens is 252 g/mol. The third kappa shape index (κ3) is 5.24. The number of para-hydroxylation sites is 1. The summed E-state index contributed by atoms with van der Waals surface area (Å²) in [5, 5.41) is 0. The Hall–Kier alpha value is -1.51. The minimum atomic E-state index is -0.223. The lowest BCUT2D eigenvalue weighted by Crippen LogP contribution is -2.22. The quantitative estimate of drug-likeness (QED) is 0.665. The normalized spacial score (nSPS) is 13.6. The van der Waals surface area contributed by atoms with Crippen molar-refractivity contribution in [3.05, 3.63) is 29.8 Å². The van der Waals surface area contributed by atoms with Gasteiger partial charge in [0.15, 0.2) is 0 Å². The molecule has 0 saturated carbocycles. The van der Waals surface area contributed by atoms with Gasteiger partial charge in [-0.3, -0.25) is 4.79 Å². The minimum Gasteiger partial charge on any atom is -0.489 e. The molecule has 112 valence electrons. The average molecular weight is 278 g/mol. The zero-order chi connectivity index (χ0) is 15.0. The summed E-state index contributed by atoms with van der Waals surface area (Å²) in [4.78, 5) is 11.4. The largest absolute Gasteiger partial charge is 0.489 e. The van der Waals surface area contributed by atoms with Crippen molar-refractivity contribution in [2.45, 2.75) is 59.0 Å². The summed E-state index contributed by atoms with van der Waals surface area (Å²) in [7, 11) is 0. The third-order valence-electron chi connectivity index (χ3n) is 3.32. The van der Waals surface area contributed by atoms with E-state index < -0.39 is 0 Å². The Morgan fingerprint density at radius 1 is 1.20 bits per heavy atom. The maximum absolute atomic E-state index is 11.4. The molecule has 3 heteroatoms. The Kier molecular flexibility index (Phi) is 7.13. The van der Waals surface area contributed by atoms with E-state index in [1.165, 1.54) is 5.56 Å². The molecule has 0 aliphatic heterocycles. The van der Waals surface area contributed by atoms with E-state index in [0.29, 0.717) is 18.9 Å². The first kappa shape index (κ1) is 16.5. The molecule has 20 heavy (non-hydrogen) atoms. The van der Waals surface area contributed by atoms with Crippen molar-refractivity contribution in [1.82, 2.24) is 0 Å². The highest BCUT2D eigenvalue weighted by Gasteiger charge is 2.13. The highest BCUT2D eigenvalue weighted by Crippen LogP contribution is 2.28. The monoisotopic (exact) mass is 278 g/mol. The SMILES string of the molecule is CCCC(=O)O[C@H](C)COc1ccccc1[C@@H](C)CC. The van der Waals surface area contributed by atoms with Gasteiger partial charge in [-0.2, -0.15) is 0 Å². The predicted molar refractivity (Wildman–Crippen MR) is 81.1 cm³/mol. The molecule has 0 unspecified atom stereocenters. The Morgan fingerprint density at radius 3 is 2.55 bits per heavy atom. The van der Waals surface area contributed by atoms with Crippen LogP contribution in [0.5, 0.6) is 5.75 Å². The van der Waals surface area contributed by atoms with Crippen molar-refractivity contribution < 1.29 is 14.3 Å². The molecule has 0 heterocycles. The van der Waals surface area contributed by atoms with E-state index in [1.54, 1.807) is 0 Å². The first-order valence-corrected chi connectivity index (χ1v) is 7.49. The molecule has 0 spiro atoms. The van der Waals surface area contributed by atoms with Crippen LogP contribution in [0.1, 0.15) is 58.4 Å². The van der Waals surface area contributed by atoms with Crippen molar-refractivity contribution in [3.63, 3.8) is 0 Å². The Labute approximate surface area is 122 Å². The molecule has 1 aromatic rings. The molecule has 0 aliphatic carbocycles. The molecule has 0 aliphatic rings. The molecule has 0 radical (unpaired) electrons. The van der Waals surface area contributed by atoms with Gasteiger partial charge in [0, 0.05) is 6.42 Å². The second-order valence-electron chi connectivity index (χ2n) is 5.21. The molecule has 0 fully saturated rings. The van der Waals surface area contributed by atoms with E-state index in [0.717, 1.165) is 18.6 Å². The fourth-order valence-corrected chi connectivity index (χ4v) is 1.97. The summed E-state index contributed by atoms with van der Waals surface area (Å²) in [6, 6.07) is 8.06. The van der Waals surface area contributed by atoms with E-state index in [1.807, 2.05) is 32.0 Å². The number of carbonyl (C=O) groups is 1. The molecule has 1 rings (SSSR count). The van der Waals surface area contributed by atoms with Crippen LogP contribution in [0.2, 0.25) is 0 Å². The number of benzene rings is 1. The fourth-order valence-electron chi connectivity index (χ4n) is 1.97. The zero-order valence-corrected chi connectivity index (χ0v) is 13.0. The molecule has 0 aromatic heterocycles. The highest BCUT2D eigenvalue weighted by atomic mass is 16.6. The first-order valence-electron chi connectivity index (χ1n) is 7.49. The number of ether oxygens (including phenoxy) is 2. The summed E-state index contributed by atoms with van der Waals surface area (Å²) in [6.07, 6.45) is 2.12. The predicted octanol–water partition coefficient (Wildman–Crippen LogP) is 4.31. The number of hydrogen-bond acceptors (Lipinski definition) is 3. The highest BCUT2D eigenvalue weighted by molar-refractivity contribution is 5.69. The third-order valence-corrected chi connectivity index (χ3v) is 3.32. The minimum absolute atomic E-state index is 0.154. The van der Waals surface area contributed by atoms with E-state index in [-0.39, 0.29) is 12.1 Å². The summed E-state index contributed by atoms with van der Waals surface area (Å²) in [5.74, 6) is 1.20. The van der Waals surface area contributed by atoms with Gasteiger partial charge in [-0.1, -0.05) is 39.0 Å². The smallest absolute Gasteiger partial charge is 0.306 e. The van der Waals surface area contributed by atoms with Gasteiger partial charge in [0.2, 0.25) is 0 Å². The summed E-state index contributed by atoms with van der Waals surface area (Å²) < 4.78 is 11.1. The van der Waals surface area contributed by atoms with Crippen molar-refractivity contribution in [2.75, 3.05) is 6.61 Å². The summed E-state index contributed by atoms with van der Waals surface area (Å²) in [6.45, 7) is 8.57. The molecular formula is C17H26O3. The number of carbonyl (C=O) groups excluding carboxylic acids is 1. The lowest BCUT2D eigenvalue weighted by molar-refractivity contribution is -0.149. The van der Waals surface area contributed by atoms with Crippen molar-refractivity contribution in [3.8, 4) is 5.75 Å². The maximum Gasteiger partial charge on any atom is 0.306 e. The van der Waals surface area contributed by atoms with Gasteiger partial charge in [-0.25, -0.2) is 0 Å².